The molecule has 1 aromatic carbocycles. The van der Waals surface area contributed by atoms with E-state index in [0.29, 0.717) is 12.6 Å². The van der Waals surface area contributed by atoms with Crippen molar-refractivity contribution in [3.63, 3.8) is 0 Å². The number of hydrogen-bond acceptors (Lipinski definition) is 3. The number of para-hydroxylation sites is 1. The van der Waals surface area contributed by atoms with Crippen LogP contribution in [0, 0.1) is 0 Å². The minimum Gasteiger partial charge on any atom is -0.494 e. The van der Waals surface area contributed by atoms with Gasteiger partial charge in [0.15, 0.2) is 5.11 Å². The van der Waals surface area contributed by atoms with E-state index in [0.717, 1.165) is 36.9 Å². The van der Waals surface area contributed by atoms with Gasteiger partial charge in [-0.15, -0.1) is 0 Å². The van der Waals surface area contributed by atoms with E-state index in [4.69, 9.17) is 17.0 Å². The van der Waals surface area contributed by atoms with E-state index in [9.17, 15) is 0 Å². The monoisotopic (exact) mass is 358 g/mol. The summed E-state index contributed by atoms with van der Waals surface area (Å²) in [4.78, 5) is 6.35. The Kier molecular flexibility index (Phi) is 6.28. The number of thiocarbonyl (C=S) groups is 1. The second kappa shape index (κ2) is 8.85. The number of nitrogens with one attached hydrogen (secondary N) is 1. The fourth-order valence-corrected chi connectivity index (χ4v) is 3.07. The SMILES string of the molecule is CCOc1ccccc1CN(CCCn1ccnc1)C(=S)NC1CC1. The zero-order valence-corrected chi connectivity index (χ0v) is 15.5. The average Bonchev–Trinajstić information content (AvgIpc) is 3.27. The summed E-state index contributed by atoms with van der Waals surface area (Å²) in [7, 11) is 0. The van der Waals surface area contributed by atoms with Gasteiger partial charge in [-0.2, -0.15) is 0 Å². The number of hydrogen-bond donors (Lipinski definition) is 1. The third kappa shape index (κ3) is 5.46. The summed E-state index contributed by atoms with van der Waals surface area (Å²) in [6, 6.07) is 8.77. The molecule has 1 saturated carbocycles. The van der Waals surface area contributed by atoms with Gasteiger partial charge in [-0.1, -0.05) is 18.2 Å². The molecule has 0 unspecified atom stereocenters. The van der Waals surface area contributed by atoms with Crippen molar-refractivity contribution in [2.24, 2.45) is 0 Å². The van der Waals surface area contributed by atoms with Gasteiger partial charge in [0.1, 0.15) is 5.75 Å². The van der Waals surface area contributed by atoms with Crippen molar-refractivity contribution in [1.29, 1.82) is 0 Å². The van der Waals surface area contributed by atoms with E-state index in [1.54, 1.807) is 0 Å². The number of benzene rings is 1. The van der Waals surface area contributed by atoms with E-state index in [2.05, 4.69) is 31.9 Å². The van der Waals surface area contributed by atoms with Gasteiger partial charge in [-0.25, -0.2) is 4.98 Å². The standard InChI is InChI=1S/C19H26N4OS/c1-2-24-18-7-4-3-6-16(18)14-23(19(25)21-17-8-9-17)12-5-11-22-13-10-20-15-22/h3-4,6-7,10,13,15,17H,2,5,8-9,11-12,14H2,1H3,(H,21,25). The van der Waals surface area contributed by atoms with E-state index >= 15 is 0 Å². The molecule has 0 atom stereocenters. The van der Waals surface area contributed by atoms with Crippen molar-refractivity contribution in [1.82, 2.24) is 19.8 Å². The van der Waals surface area contributed by atoms with Gasteiger partial charge in [-0.05, 0) is 44.5 Å². The molecule has 0 saturated heterocycles. The fourth-order valence-electron chi connectivity index (χ4n) is 2.75. The van der Waals surface area contributed by atoms with Crippen LogP contribution in [-0.2, 0) is 13.1 Å². The normalized spacial score (nSPS) is 13.5. The maximum atomic E-state index is 5.77. The highest BCUT2D eigenvalue weighted by Crippen LogP contribution is 2.22. The third-order valence-electron chi connectivity index (χ3n) is 4.23. The molecule has 2 aromatic rings. The summed E-state index contributed by atoms with van der Waals surface area (Å²) in [5.74, 6) is 0.943. The number of nitrogens with zero attached hydrogens (tertiary/aromatic N) is 3. The molecule has 0 bridgehead atoms. The number of rotatable bonds is 9. The molecule has 0 spiro atoms. The minimum atomic E-state index is 0.561. The number of imidazole rings is 1. The van der Waals surface area contributed by atoms with Crippen LogP contribution in [0.1, 0.15) is 31.7 Å². The molecule has 1 N–H and O–H groups in total. The predicted octanol–water partition coefficient (Wildman–Crippen LogP) is 3.21. The van der Waals surface area contributed by atoms with Gasteiger partial charge >= 0.3 is 0 Å². The van der Waals surface area contributed by atoms with Gasteiger partial charge in [0.05, 0.1) is 12.9 Å². The first-order chi connectivity index (χ1) is 12.3. The minimum absolute atomic E-state index is 0.561. The molecule has 1 aromatic heterocycles. The molecule has 6 heteroatoms. The Morgan fingerprint density at radius 3 is 2.96 bits per heavy atom. The van der Waals surface area contributed by atoms with Crippen LogP contribution in [0.5, 0.6) is 5.75 Å². The summed E-state index contributed by atoms with van der Waals surface area (Å²) in [5.41, 5.74) is 1.17. The topological polar surface area (TPSA) is 42.3 Å². The van der Waals surface area contributed by atoms with E-state index in [1.165, 1.54) is 18.4 Å². The third-order valence-corrected chi connectivity index (χ3v) is 4.61. The van der Waals surface area contributed by atoms with Gasteiger partial charge in [0.2, 0.25) is 0 Å². The van der Waals surface area contributed by atoms with Gasteiger partial charge in [-0.3, -0.25) is 0 Å². The fraction of sp³-hybridized carbons (Fsp3) is 0.474. The molecular weight excluding hydrogens is 332 g/mol. The molecule has 1 fully saturated rings. The maximum Gasteiger partial charge on any atom is 0.169 e. The quantitative estimate of drug-likeness (QED) is 0.697. The number of aromatic nitrogens is 2. The Balaban J connectivity index is 1.63. The average molecular weight is 359 g/mol. The number of aryl methyl sites for hydroxylation is 1. The summed E-state index contributed by atoms with van der Waals surface area (Å²) in [5, 5.41) is 4.31. The largest absolute Gasteiger partial charge is 0.494 e. The first kappa shape index (κ1) is 17.7. The molecule has 134 valence electrons. The first-order valence-electron chi connectivity index (χ1n) is 8.98. The molecule has 0 aliphatic heterocycles. The van der Waals surface area contributed by atoms with E-state index in [-0.39, 0.29) is 0 Å². The maximum absolute atomic E-state index is 5.77. The second-order valence-electron chi connectivity index (χ2n) is 6.34. The second-order valence-corrected chi connectivity index (χ2v) is 6.73. The molecule has 1 heterocycles. The number of ether oxygens (including phenoxy) is 1. The summed E-state index contributed by atoms with van der Waals surface area (Å²) in [6.45, 7) is 5.28. The highest BCUT2D eigenvalue weighted by molar-refractivity contribution is 7.80. The Morgan fingerprint density at radius 1 is 1.40 bits per heavy atom. The van der Waals surface area contributed by atoms with Crippen LogP contribution < -0.4 is 10.1 Å². The molecule has 1 aliphatic carbocycles. The molecular formula is C19H26N4OS. The lowest BCUT2D eigenvalue weighted by molar-refractivity contribution is 0.324. The first-order valence-corrected chi connectivity index (χ1v) is 9.39. The van der Waals surface area contributed by atoms with Gasteiger partial charge < -0.3 is 19.5 Å². The van der Waals surface area contributed by atoms with E-state index in [1.807, 2.05) is 37.8 Å². The van der Waals surface area contributed by atoms with Crippen molar-refractivity contribution < 1.29 is 4.74 Å². The highest BCUT2D eigenvalue weighted by atomic mass is 32.1. The summed E-state index contributed by atoms with van der Waals surface area (Å²) in [6.07, 6.45) is 9.12. The molecule has 1 aliphatic rings. The van der Waals surface area contributed by atoms with Crippen LogP contribution in [-0.4, -0.2) is 38.8 Å². The van der Waals surface area contributed by atoms with Crippen molar-refractivity contribution >= 4 is 17.3 Å². The molecule has 0 amide bonds. The van der Waals surface area contributed by atoms with Crippen LogP contribution in [0.2, 0.25) is 0 Å². The lowest BCUT2D eigenvalue weighted by Gasteiger charge is -2.27. The Labute approximate surface area is 155 Å². The van der Waals surface area contributed by atoms with E-state index < -0.39 is 0 Å². The zero-order chi connectivity index (χ0) is 17.5. The van der Waals surface area contributed by atoms with Crippen LogP contribution in [0.3, 0.4) is 0 Å². The smallest absolute Gasteiger partial charge is 0.169 e. The van der Waals surface area contributed by atoms with Crippen molar-refractivity contribution in [2.75, 3.05) is 13.2 Å². The van der Waals surface area contributed by atoms with Crippen molar-refractivity contribution in [3.05, 3.63) is 48.5 Å². The van der Waals surface area contributed by atoms with Crippen LogP contribution in [0.15, 0.2) is 43.0 Å². The molecule has 3 rings (SSSR count). The van der Waals surface area contributed by atoms with Gasteiger partial charge in [0.25, 0.3) is 0 Å². The molecule has 0 radical (unpaired) electrons. The van der Waals surface area contributed by atoms with Crippen molar-refractivity contribution in [2.45, 2.75) is 45.3 Å². The van der Waals surface area contributed by atoms with Crippen molar-refractivity contribution in [3.8, 4) is 5.75 Å². The zero-order valence-electron chi connectivity index (χ0n) is 14.7. The van der Waals surface area contributed by atoms with Crippen LogP contribution in [0.25, 0.3) is 0 Å². The summed E-state index contributed by atoms with van der Waals surface area (Å²) >= 11 is 5.67. The molecule has 5 nitrogen and oxygen atoms in total. The van der Waals surface area contributed by atoms with Gasteiger partial charge in [0, 0.05) is 43.6 Å². The molecule has 25 heavy (non-hydrogen) atoms. The Hall–Kier alpha value is -2.08. The van der Waals surface area contributed by atoms with Crippen LogP contribution >= 0.6 is 12.2 Å². The predicted molar refractivity (Wildman–Crippen MR) is 104 cm³/mol. The Morgan fingerprint density at radius 2 is 2.24 bits per heavy atom. The lowest BCUT2D eigenvalue weighted by Crippen LogP contribution is -2.41. The highest BCUT2D eigenvalue weighted by Gasteiger charge is 2.24. The Bertz CT molecular complexity index is 670. The lowest BCUT2D eigenvalue weighted by atomic mass is 10.2. The van der Waals surface area contributed by atoms with Crippen LogP contribution in [0.4, 0.5) is 0 Å². The summed E-state index contributed by atoms with van der Waals surface area (Å²) < 4.78 is 7.87.